The summed E-state index contributed by atoms with van der Waals surface area (Å²) in [5, 5.41) is 10.3. The van der Waals surface area contributed by atoms with Crippen LogP contribution in [-0.4, -0.2) is 31.4 Å². The third-order valence-corrected chi connectivity index (χ3v) is 6.14. The lowest BCUT2D eigenvalue weighted by Crippen LogP contribution is -2.16. The Balaban J connectivity index is 1.57. The van der Waals surface area contributed by atoms with Crippen LogP contribution in [0.1, 0.15) is 26.8 Å². The molecule has 1 aromatic carbocycles. The minimum absolute atomic E-state index is 0.103. The highest BCUT2D eigenvalue weighted by Gasteiger charge is 2.35. The summed E-state index contributed by atoms with van der Waals surface area (Å²) in [7, 11) is 0. The molecule has 0 aliphatic carbocycles. The van der Waals surface area contributed by atoms with E-state index in [1.807, 2.05) is 0 Å². The average Bonchev–Trinajstić information content (AvgIpc) is 3.33. The third kappa shape index (κ3) is 4.83. The van der Waals surface area contributed by atoms with Crippen LogP contribution < -0.4 is 10.6 Å². The number of benzene rings is 1. The summed E-state index contributed by atoms with van der Waals surface area (Å²) in [5.41, 5.74) is 1.76. The van der Waals surface area contributed by atoms with Crippen molar-refractivity contribution >= 4 is 62.8 Å². The smallest absolute Gasteiger partial charge is 0.319 e. The van der Waals surface area contributed by atoms with Gasteiger partial charge in [-0.05, 0) is 31.2 Å². The maximum Gasteiger partial charge on any atom is 0.445 e. The highest BCUT2D eigenvalue weighted by Crippen LogP contribution is 2.33. The SMILES string of the molecule is Cc1nc2c(NC(=O)c3c(Cl)cccc3Cl)cccn2c1CC(=O)Nc1nnc(C(F)(F)F)s1. The average molecular weight is 529 g/mol. The number of hydrogen-bond acceptors (Lipinski definition) is 6. The fourth-order valence-corrected chi connectivity index (χ4v) is 4.34. The van der Waals surface area contributed by atoms with Crippen LogP contribution in [0.4, 0.5) is 24.0 Å². The van der Waals surface area contributed by atoms with E-state index in [0.717, 1.165) is 0 Å². The monoisotopic (exact) mass is 528 g/mol. The van der Waals surface area contributed by atoms with Crippen LogP contribution in [0.3, 0.4) is 0 Å². The van der Waals surface area contributed by atoms with E-state index < -0.39 is 23.0 Å². The number of hydrogen-bond donors (Lipinski definition) is 2. The van der Waals surface area contributed by atoms with Crippen molar-refractivity contribution in [2.75, 3.05) is 10.6 Å². The normalized spacial score (nSPS) is 11.6. The number of anilines is 2. The molecule has 3 aromatic heterocycles. The zero-order valence-electron chi connectivity index (χ0n) is 17.1. The molecule has 3 heterocycles. The Morgan fingerprint density at radius 1 is 1.09 bits per heavy atom. The number of nitrogens with zero attached hydrogens (tertiary/aromatic N) is 4. The number of amides is 2. The van der Waals surface area contributed by atoms with Gasteiger partial charge >= 0.3 is 6.18 Å². The molecule has 0 saturated carbocycles. The molecule has 0 aliphatic heterocycles. The Morgan fingerprint density at radius 3 is 2.44 bits per heavy atom. The van der Waals surface area contributed by atoms with Crippen molar-refractivity contribution in [3.05, 3.63) is 68.5 Å². The van der Waals surface area contributed by atoms with E-state index in [9.17, 15) is 22.8 Å². The molecule has 4 rings (SSSR count). The minimum Gasteiger partial charge on any atom is -0.319 e. The number of halogens is 5. The fourth-order valence-electron chi connectivity index (χ4n) is 3.14. The van der Waals surface area contributed by atoms with Gasteiger partial charge in [0.25, 0.3) is 5.91 Å². The second-order valence-corrected chi connectivity index (χ2v) is 8.74. The lowest BCUT2D eigenvalue weighted by Gasteiger charge is -2.10. The van der Waals surface area contributed by atoms with Crippen LogP contribution >= 0.6 is 34.5 Å². The van der Waals surface area contributed by atoms with Crippen molar-refractivity contribution in [2.45, 2.75) is 19.5 Å². The molecule has 0 bridgehead atoms. The Hall–Kier alpha value is -3.22. The van der Waals surface area contributed by atoms with Crippen molar-refractivity contribution < 1.29 is 22.8 Å². The van der Waals surface area contributed by atoms with Crippen molar-refractivity contribution in [3.63, 3.8) is 0 Å². The predicted octanol–water partition coefficient (Wildman–Crippen LogP) is 5.25. The molecule has 14 heteroatoms. The van der Waals surface area contributed by atoms with E-state index in [0.29, 0.717) is 22.7 Å². The number of alkyl halides is 3. The van der Waals surface area contributed by atoms with Crippen LogP contribution in [0, 0.1) is 6.92 Å². The van der Waals surface area contributed by atoms with Crippen LogP contribution in [0.5, 0.6) is 0 Å². The molecule has 4 aromatic rings. The predicted molar refractivity (Wildman–Crippen MR) is 122 cm³/mol. The molecule has 0 fully saturated rings. The molecule has 8 nitrogen and oxygen atoms in total. The summed E-state index contributed by atoms with van der Waals surface area (Å²) in [6.45, 7) is 1.67. The standard InChI is InChI=1S/C20H13Cl2F3N6O2S/c1-9-13(8-14(32)28-19-30-29-18(34-19)20(23,24)25)31-7-3-6-12(16(31)26-9)27-17(33)15-10(21)4-2-5-11(15)22/h2-7H,8H2,1H3,(H,27,33)(H,28,30,32). The Kier molecular flexibility index (Phi) is 6.47. The second-order valence-electron chi connectivity index (χ2n) is 6.95. The summed E-state index contributed by atoms with van der Waals surface area (Å²) < 4.78 is 39.7. The number of carbonyl (C=O) groups excluding carboxylic acids is 2. The van der Waals surface area contributed by atoms with Gasteiger partial charge < -0.3 is 15.0 Å². The molecule has 176 valence electrons. The lowest BCUT2D eigenvalue weighted by atomic mass is 10.2. The van der Waals surface area contributed by atoms with Gasteiger partial charge in [0.2, 0.25) is 16.0 Å². The van der Waals surface area contributed by atoms with Crippen molar-refractivity contribution in [1.82, 2.24) is 19.6 Å². The Bertz CT molecular complexity index is 1400. The zero-order valence-corrected chi connectivity index (χ0v) is 19.4. The van der Waals surface area contributed by atoms with Gasteiger partial charge in [-0.2, -0.15) is 13.2 Å². The molecule has 0 aliphatic rings. The van der Waals surface area contributed by atoms with Gasteiger partial charge in [0.1, 0.15) is 0 Å². The van der Waals surface area contributed by atoms with Gasteiger partial charge in [0.15, 0.2) is 5.65 Å². The number of pyridine rings is 1. The molecule has 0 saturated heterocycles. The van der Waals surface area contributed by atoms with Gasteiger partial charge in [0.05, 0.1) is 39.1 Å². The summed E-state index contributed by atoms with van der Waals surface area (Å²) in [4.78, 5) is 29.7. The first-order chi connectivity index (χ1) is 16.0. The van der Waals surface area contributed by atoms with Gasteiger partial charge in [-0.25, -0.2) is 4.98 Å². The number of aryl methyl sites for hydroxylation is 1. The first kappa shape index (κ1) is 23.9. The molecule has 2 N–H and O–H groups in total. The minimum atomic E-state index is -4.64. The van der Waals surface area contributed by atoms with Gasteiger partial charge in [0, 0.05) is 6.20 Å². The molecular weight excluding hydrogens is 516 g/mol. The maximum atomic E-state index is 12.8. The summed E-state index contributed by atoms with van der Waals surface area (Å²) in [6, 6.07) is 7.95. The van der Waals surface area contributed by atoms with E-state index in [4.69, 9.17) is 23.2 Å². The molecule has 34 heavy (non-hydrogen) atoms. The summed E-state index contributed by atoms with van der Waals surface area (Å²) in [6.07, 6.45) is -3.21. The third-order valence-electron chi connectivity index (χ3n) is 4.63. The highest BCUT2D eigenvalue weighted by atomic mass is 35.5. The molecule has 0 atom stereocenters. The number of nitrogens with one attached hydrogen (secondary N) is 2. The maximum absolute atomic E-state index is 12.8. The Morgan fingerprint density at radius 2 is 1.79 bits per heavy atom. The van der Waals surface area contributed by atoms with Crippen molar-refractivity contribution in [3.8, 4) is 0 Å². The lowest BCUT2D eigenvalue weighted by molar-refractivity contribution is -0.138. The highest BCUT2D eigenvalue weighted by molar-refractivity contribution is 7.15. The van der Waals surface area contributed by atoms with E-state index in [2.05, 4.69) is 25.8 Å². The molecule has 0 radical (unpaired) electrons. The number of aromatic nitrogens is 4. The topological polar surface area (TPSA) is 101 Å². The Labute approximate surface area is 203 Å². The van der Waals surface area contributed by atoms with Gasteiger partial charge in [-0.3, -0.25) is 9.59 Å². The quantitative estimate of drug-likeness (QED) is 0.368. The molecule has 0 spiro atoms. The van der Waals surface area contributed by atoms with E-state index >= 15 is 0 Å². The molecular formula is C20H13Cl2F3N6O2S. The number of fused-ring (bicyclic) bond motifs is 1. The molecule has 0 unspecified atom stereocenters. The fraction of sp³-hybridized carbons (Fsp3) is 0.150. The van der Waals surface area contributed by atoms with E-state index in [1.165, 1.54) is 12.1 Å². The first-order valence-electron chi connectivity index (χ1n) is 9.47. The largest absolute Gasteiger partial charge is 0.445 e. The second kappa shape index (κ2) is 9.20. The number of rotatable bonds is 5. The van der Waals surface area contributed by atoms with Crippen LogP contribution in [0.2, 0.25) is 10.0 Å². The first-order valence-corrected chi connectivity index (χ1v) is 11.0. The van der Waals surface area contributed by atoms with Crippen LogP contribution in [0.25, 0.3) is 5.65 Å². The van der Waals surface area contributed by atoms with Crippen LogP contribution in [0.15, 0.2) is 36.5 Å². The van der Waals surface area contributed by atoms with E-state index in [1.54, 1.807) is 35.7 Å². The van der Waals surface area contributed by atoms with E-state index in [-0.39, 0.29) is 38.5 Å². The number of carbonyl (C=O) groups is 2. The number of imidazole rings is 1. The van der Waals surface area contributed by atoms with Crippen molar-refractivity contribution in [2.24, 2.45) is 0 Å². The molecule has 2 amide bonds. The van der Waals surface area contributed by atoms with Crippen LogP contribution in [-0.2, 0) is 17.4 Å². The van der Waals surface area contributed by atoms with Gasteiger partial charge in [-0.15, -0.1) is 10.2 Å². The zero-order chi connectivity index (χ0) is 24.6. The summed E-state index contributed by atoms with van der Waals surface area (Å²) in [5.74, 6) is -1.15. The van der Waals surface area contributed by atoms with Gasteiger partial charge in [-0.1, -0.05) is 40.6 Å². The summed E-state index contributed by atoms with van der Waals surface area (Å²) >= 11 is 12.4. The van der Waals surface area contributed by atoms with Crippen molar-refractivity contribution in [1.29, 1.82) is 0 Å².